The first-order chi connectivity index (χ1) is 11.3. The van der Waals surface area contributed by atoms with E-state index in [4.69, 9.17) is 30.2 Å². The van der Waals surface area contributed by atoms with E-state index in [-0.39, 0.29) is 13.4 Å². The van der Waals surface area contributed by atoms with Crippen molar-refractivity contribution in [3.8, 4) is 28.7 Å². The third kappa shape index (κ3) is 2.93. The van der Waals surface area contributed by atoms with Gasteiger partial charge in [0.15, 0.2) is 18.1 Å². The topological polar surface area (TPSA) is 66.6 Å². The van der Waals surface area contributed by atoms with Gasteiger partial charge in [0.2, 0.25) is 12.7 Å². The maximum absolute atomic E-state index is 5.86. The summed E-state index contributed by atoms with van der Waals surface area (Å²) in [6.07, 6.45) is 0. The zero-order valence-corrected chi connectivity index (χ0v) is 12.6. The van der Waals surface area contributed by atoms with Crippen LogP contribution in [0.2, 0.25) is 5.02 Å². The Kier molecular flexibility index (Phi) is 3.51. The Labute approximate surface area is 136 Å². The number of hydrogen-bond donors (Lipinski definition) is 0. The fourth-order valence-corrected chi connectivity index (χ4v) is 2.26. The highest BCUT2D eigenvalue weighted by Crippen LogP contribution is 2.35. The average Bonchev–Trinajstić information content (AvgIpc) is 3.22. The molecule has 4 rings (SSSR count). The summed E-state index contributed by atoms with van der Waals surface area (Å²) in [5, 5.41) is 8.63. The molecule has 23 heavy (non-hydrogen) atoms. The summed E-state index contributed by atoms with van der Waals surface area (Å²) >= 11 is 5.86. The highest BCUT2D eigenvalue weighted by atomic mass is 35.5. The Balaban J connectivity index is 1.44. The maximum atomic E-state index is 5.86. The number of hydrogen-bond acceptors (Lipinski definition) is 6. The van der Waals surface area contributed by atoms with Gasteiger partial charge >= 0.3 is 0 Å². The summed E-state index contributed by atoms with van der Waals surface area (Å²) < 4.78 is 21.8. The lowest BCUT2D eigenvalue weighted by atomic mass is 10.2. The molecule has 2 heterocycles. The van der Waals surface area contributed by atoms with Gasteiger partial charge in [0, 0.05) is 16.7 Å². The number of rotatable bonds is 4. The molecule has 0 unspecified atom stereocenters. The minimum absolute atomic E-state index is 0.167. The molecule has 116 valence electrons. The van der Waals surface area contributed by atoms with Crippen LogP contribution in [0.15, 0.2) is 46.9 Å². The van der Waals surface area contributed by atoms with Gasteiger partial charge in [0.1, 0.15) is 5.75 Å². The van der Waals surface area contributed by atoms with E-state index in [1.54, 1.807) is 30.3 Å². The number of nitrogens with zero attached hydrogens (tertiary/aromatic N) is 2. The third-order valence-corrected chi connectivity index (χ3v) is 3.52. The van der Waals surface area contributed by atoms with Crippen LogP contribution in [0.4, 0.5) is 0 Å². The first-order valence-corrected chi connectivity index (χ1v) is 7.26. The molecule has 0 spiro atoms. The molecular formula is C16H11ClN2O4. The summed E-state index contributed by atoms with van der Waals surface area (Å²) in [6, 6.07) is 12.5. The predicted octanol–water partition coefficient (Wildman–Crippen LogP) is 3.70. The molecule has 3 aromatic rings. The Morgan fingerprint density at radius 2 is 1.83 bits per heavy atom. The van der Waals surface area contributed by atoms with Crippen molar-refractivity contribution >= 4 is 11.6 Å². The summed E-state index contributed by atoms with van der Waals surface area (Å²) in [7, 11) is 0. The third-order valence-electron chi connectivity index (χ3n) is 3.26. The van der Waals surface area contributed by atoms with Crippen molar-refractivity contribution in [1.82, 2.24) is 10.2 Å². The molecule has 1 aromatic heterocycles. The molecule has 0 atom stereocenters. The van der Waals surface area contributed by atoms with E-state index in [1.165, 1.54) is 0 Å². The second-order valence-electron chi connectivity index (χ2n) is 4.81. The molecule has 6 nitrogen and oxygen atoms in total. The van der Waals surface area contributed by atoms with Gasteiger partial charge in [-0.15, -0.1) is 10.2 Å². The van der Waals surface area contributed by atoms with Crippen molar-refractivity contribution in [2.75, 3.05) is 6.79 Å². The van der Waals surface area contributed by atoms with Gasteiger partial charge in [0.05, 0.1) is 0 Å². The number of halogens is 1. The molecule has 1 aliphatic rings. The molecule has 0 radical (unpaired) electrons. The fraction of sp³-hybridized carbons (Fsp3) is 0.125. The molecule has 0 amide bonds. The van der Waals surface area contributed by atoms with E-state index in [9.17, 15) is 0 Å². The van der Waals surface area contributed by atoms with Crippen molar-refractivity contribution in [3.05, 3.63) is 53.4 Å². The van der Waals surface area contributed by atoms with E-state index in [2.05, 4.69) is 10.2 Å². The van der Waals surface area contributed by atoms with E-state index in [1.807, 2.05) is 12.1 Å². The zero-order chi connectivity index (χ0) is 15.6. The van der Waals surface area contributed by atoms with Gasteiger partial charge in [-0.05, 0) is 36.4 Å². The standard InChI is InChI=1S/C16H11ClN2O4/c17-11-3-1-10(2-4-11)16-19-18-15(23-16)8-20-12-5-6-13-14(7-12)22-9-21-13/h1-7H,8-9H2. The Morgan fingerprint density at radius 1 is 1.00 bits per heavy atom. The van der Waals surface area contributed by atoms with E-state index in [0.29, 0.717) is 34.1 Å². The van der Waals surface area contributed by atoms with Gasteiger partial charge in [-0.25, -0.2) is 0 Å². The highest BCUT2D eigenvalue weighted by Gasteiger charge is 2.14. The zero-order valence-electron chi connectivity index (χ0n) is 11.9. The first-order valence-electron chi connectivity index (χ1n) is 6.89. The van der Waals surface area contributed by atoms with E-state index < -0.39 is 0 Å². The molecule has 1 aliphatic heterocycles. The van der Waals surface area contributed by atoms with E-state index in [0.717, 1.165) is 5.56 Å². The van der Waals surface area contributed by atoms with Crippen LogP contribution in [0.25, 0.3) is 11.5 Å². The summed E-state index contributed by atoms with van der Waals surface area (Å²) in [5.41, 5.74) is 0.802. The van der Waals surface area contributed by atoms with Crippen LogP contribution in [0.5, 0.6) is 17.2 Å². The molecule has 0 N–H and O–H groups in total. The van der Waals surface area contributed by atoms with Gasteiger partial charge in [-0.3, -0.25) is 0 Å². The van der Waals surface area contributed by atoms with Crippen LogP contribution in [0.1, 0.15) is 5.89 Å². The van der Waals surface area contributed by atoms with E-state index >= 15 is 0 Å². The quantitative estimate of drug-likeness (QED) is 0.726. The van der Waals surface area contributed by atoms with Gasteiger partial charge in [-0.2, -0.15) is 0 Å². The number of fused-ring (bicyclic) bond motifs is 1. The molecule has 7 heteroatoms. The number of benzene rings is 2. The van der Waals surface area contributed by atoms with Gasteiger partial charge in [-0.1, -0.05) is 11.6 Å². The average molecular weight is 331 g/mol. The lowest BCUT2D eigenvalue weighted by Crippen LogP contribution is -1.95. The largest absolute Gasteiger partial charge is 0.484 e. The first kappa shape index (κ1) is 13.9. The second kappa shape index (κ2) is 5.81. The normalized spacial score (nSPS) is 12.4. The monoisotopic (exact) mass is 330 g/mol. The minimum atomic E-state index is 0.167. The van der Waals surface area contributed by atoms with Crippen LogP contribution in [0.3, 0.4) is 0 Å². The minimum Gasteiger partial charge on any atom is -0.484 e. The molecule has 0 saturated carbocycles. The smallest absolute Gasteiger partial charge is 0.254 e. The molecule has 0 bridgehead atoms. The van der Waals surface area contributed by atoms with Gasteiger partial charge in [0.25, 0.3) is 5.89 Å². The van der Waals surface area contributed by atoms with Crippen LogP contribution in [-0.2, 0) is 6.61 Å². The van der Waals surface area contributed by atoms with Crippen molar-refractivity contribution in [3.63, 3.8) is 0 Å². The van der Waals surface area contributed by atoms with Crippen molar-refractivity contribution in [2.45, 2.75) is 6.61 Å². The Bertz CT molecular complexity index is 832. The molecule has 0 fully saturated rings. The van der Waals surface area contributed by atoms with Crippen molar-refractivity contribution < 1.29 is 18.6 Å². The SMILES string of the molecule is Clc1ccc(-c2nnc(COc3ccc4c(c3)OCO4)o2)cc1. The molecule has 0 aliphatic carbocycles. The number of ether oxygens (including phenoxy) is 3. The van der Waals surface area contributed by atoms with Crippen LogP contribution in [-0.4, -0.2) is 17.0 Å². The van der Waals surface area contributed by atoms with Gasteiger partial charge < -0.3 is 18.6 Å². The second-order valence-corrected chi connectivity index (χ2v) is 5.25. The number of aromatic nitrogens is 2. The van der Waals surface area contributed by atoms with Crippen molar-refractivity contribution in [2.24, 2.45) is 0 Å². The van der Waals surface area contributed by atoms with Crippen LogP contribution in [0, 0.1) is 0 Å². The van der Waals surface area contributed by atoms with Crippen molar-refractivity contribution in [1.29, 1.82) is 0 Å². The molecule has 2 aromatic carbocycles. The maximum Gasteiger partial charge on any atom is 0.254 e. The summed E-state index contributed by atoms with van der Waals surface area (Å²) in [5.74, 6) is 2.81. The molecular weight excluding hydrogens is 320 g/mol. The summed E-state index contributed by atoms with van der Waals surface area (Å²) in [4.78, 5) is 0. The fourth-order valence-electron chi connectivity index (χ4n) is 2.13. The predicted molar refractivity (Wildman–Crippen MR) is 81.6 cm³/mol. The highest BCUT2D eigenvalue weighted by molar-refractivity contribution is 6.30. The lowest BCUT2D eigenvalue weighted by Gasteiger charge is -2.04. The molecule has 0 saturated heterocycles. The lowest BCUT2D eigenvalue weighted by molar-refractivity contribution is 0.173. The Morgan fingerprint density at radius 3 is 2.70 bits per heavy atom. The Hall–Kier alpha value is -2.73. The van der Waals surface area contributed by atoms with Crippen LogP contribution >= 0.6 is 11.6 Å². The van der Waals surface area contributed by atoms with Crippen LogP contribution < -0.4 is 14.2 Å². The summed E-state index contributed by atoms with van der Waals surface area (Å²) in [6.45, 7) is 0.396.